The molecule has 0 bridgehead atoms. The van der Waals surface area contributed by atoms with Gasteiger partial charge in [-0.25, -0.2) is 9.18 Å². The molecule has 2 aliphatic rings. The van der Waals surface area contributed by atoms with Crippen molar-refractivity contribution in [2.45, 2.75) is 76.7 Å². The van der Waals surface area contributed by atoms with E-state index < -0.39 is 0 Å². The van der Waals surface area contributed by atoms with E-state index in [0.29, 0.717) is 5.92 Å². The Bertz CT molecular complexity index is 656. The molecular weight excluding hydrogens is 363 g/mol. The van der Waals surface area contributed by atoms with Crippen LogP contribution < -0.4 is 0 Å². The minimum absolute atomic E-state index is 0.0867. The number of carbonyl (C=O) groups is 1. The summed E-state index contributed by atoms with van der Waals surface area (Å²) in [4.78, 5) is 11.7. The Morgan fingerprint density at radius 3 is 2.33 bits per heavy atom. The molecule has 0 amide bonds. The normalized spacial score (nSPS) is 29.0. The number of benzene rings is 1. The van der Waals surface area contributed by atoms with Gasteiger partial charge in [-0.1, -0.05) is 30.7 Å². The molecule has 27 heavy (non-hydrogen) atoms. The van der Waals surface area contributed by atoms with Crippen molar-refractivity contribution in [3.8, 4) is 0 Å². The molecule has 0 heterocycles. The van der Waals surface area contributed by atoms with Crippen LogP contribution in [0.5, 0.6) is 0 Å². The molecule has 0 atom stereocenters. The lowest BCUT2D eigenvalue weighted by Gasteiger charge is -2.37. The van der Waals surface area contributed by atoms with E-state index in [2.05, 4.69) is 0 Å². The van der Waals surface area contributed by atoms with E-state index in [0.717, 1.165) is 62.3 Å². The maximum Gasteiger partial charge on any atom is 0.330 e. The van der Waals surface area contributed by atoms with Crippen molar-refractivity contribution in [2.24, 2.45) is 11.8 Å². The Morgan fingerprint density at radius 2 is 1.74 bits per heavy atom. The molecule has 2 aliphatic carbocycles. The van der Waals surface area contributed by atoms with Gasteiger partial charge in [0.25, 0.3) is 0 Å². The van der Waals surface area contributed by atoms with Gasteiger partial charge in [-0.05, 0) is 93.2 Å². The van der Waals surface area contributed by atoms with Crippen LogP contribution in [0.4, 0.5) is 4.39 Å². The first-order valence-corrected chi connectivity index (χ1v) is 10.8. The first-order chi connectivity index (χ1) is 13.1. The highest BCUT2D eigenvalue weighted by molar-refractivity contribution is 6.30. The summed E-state index contributed by atoms with van der Waals surface area (Å²) >= 11 is 5.80. The fourth-order valence-electron chi connectivity index (χ4n) is 4.79. The summed E-state index contributed by atoms with van der Waals surface area (Å²) in [5, 5.41) is 0.204. The van der Waals surface area contributed by atoms with Gasteiger partial charge in [-0.2, -0.15) is 0 Å². The molecule has 0 saturated heterocycles. The summed E-state index contributed by atoms with van der Waals surface area (Å²) in [6.45, 7) is 2.01. The average molecular weight is 393 g/mol. The maximum atomic E-state index is 13.7. The number of hydrogen-bond donors (Lipinski definition) is 0. The van der Waals surface area contributed by atoms with Crippen molar-refractivity contribution in [2.75, 3.05) is 0 Å². The Morgan fingerprint density at radius 1 is 1.11 bits per heavy atom. The Kier molecular flexibility index (Phi) is 7.34. The standard InChI is InChI=1S/C23H30ClFO2/c1-2-3-4-23(26)27-20-12-9-17(10-13-20)16-5-7-18(8-6-16)19-11-14-21(24)22(25)15-19/h3-4,11,14-18,20H,2,5-10,12-13H2,1H3. The molecule has 148 valence electrons. The minimum atomic E-state index is -0.307. The highest BCUT2D eigenvalue weighted by atomic mass is 35.5. The van der Waals surface area contributed by atoms with Gasteiger partial charge in [-0.15, -0.1) is 0 Å². The van der Waals surface area contributed by atoms with E-state index in [4.69, 9.17) is 16.3 Å². The predicted octanol–water partition coefficient (Wildman–Crippen LogP) is 6.82. The molecule has 2 fully saturated rings. The summed E-state index contributed by atoms with van der Waals surface area (Å²) in [7, 11) is 0. The molecular formula is C23H30ClFO2. The summed E-state index contributed by atoms with van der Waals surface area (Å²) in [5.41, 5.74) is 1.09. The summed E-state index contributed by atoms with van der Waals surface area (Å²) < 4.78 is 19.3. The molecule has 0 N–H and O–H groups in total. The van der Waals surface area contributed by atoms with Crippen LogP contribution in [-0.4, -0.2) is 12.1 Å². The molecule has 1 aromatic carbocycles. The van der Waals surface area contributed by atoms with Crippen molar-refractivity contribution < 1.29 is 13.9 Å². The SMILES string of the molecule is CCC=CC(=O)OC1CCC(C2CCC(c3ccc(Cl)c(F)c3)CC2)CC1. The van der Waals surface area contributed by atoms with E-state index in [-0.39, 0.29) is 22.9 Å². The summed E-state index contributed by atoms with van der Waals surface area (Å²) in [5.74, 6) is 1.45. The molecule has 0 aromatic heterocycles. The lowest BCUT2D eigenvalue weighted by Crippen LogP contribution is -2.29. The summed E-state index contributed by atoms with van der Waals surface area (Å²) in [6.07, 6.45) is 13.3. The van der Waals surface area contributed by atoms with Gasteiger partial charge >= 0.3 is 5.97 Å². The molecule has 0 spiro atoms. The summed E-state index contributed by atoms with van der Waals surface area (Å²) in [6, 6.07) is 5.26. The van der Waals surface area contributed by atoms with Crippen LogP contribution in [0.1, 0.15) is 76.2 Å². The Balaban J connectivity index is 1.43. The Hall–Kier alpha value is -1.35. The highest BCUT2D eigenvalue weighted by Crippen LogP contribution is 2.43. The monoisotopic (exact) mass is 392 g/mol. The third-order valence-corrected chi connectivity index (χ3v) is 6.65. The number of rotatable bonds is 5. The largest absolute Gasteiger partial charge is 0.459 e. The van der Waals surface area contributed by atoms with Crippen LogP contribution in [-0.2, 0) is 9.53 Å². The fraction of sp³-hybridized carbons (Fsp3) is 0.609. The quantitative estimate of drug-likeness (QED) is 0.406. The highest BCUT2D eigenvalue weighted by Gasteiger charge is 2.32. The average Bonchev–Trinajstić information content (AvgIpc) is 2.69. The zero-order valence-corrected chi connectivity index (χ0v) is 16.9. The molecule has 2 saturated carbocycles. The lowest BCUT2D eigenvalue weighted by molar-refractivity contribution is -0.145. The smallest absolute Gasteiger partial charge is 0.330 e. The van der Waals surface area contributed by atoms with Crippen molar-refractivity contribution in [1.82, 2.24) is 0 Å². The van der Waals surface area contributed by atoms with Crippen molar-refractivity contribution in [3.63, 3.8) is 0 Å². The van der Waals surface area contributed by atoms with Gasteiger partial charge in [0.1, 0.15) is 11.9 Å². The topological polar surface area (TPSA) is 26.3 Å². The van der Waals surface area contributed by atoms with Crippen LogP contribution in [0, 0.1) is 17.7 Å². The molecule has 4 heteroatoms. The van der Waals surface area contributed by atoms with Gasteiger partial charge in [0.05, 0.1) is 5.02 Å². The second kappa shape index (κ2) is 9.73. The molecule has 1 aromatic rings. The molecule has 0 unspecified atom stereocenters. The van der Waals surface area contributed by atoms with E-state index >= 15 is 0 Å². The zero-order valence-electron chi connectivity index (χ0n) is 16.1. The van der Waals surface area contributed by atoms with Gasteiger partial charge in [0.2, 0.25) is 0 Å². The van der Waals surface area contributed by atoms with Crippen LogP contribution in [0.3, 0.4) is 0 Å². The number of ether oxygens (including phenoxy) is 1. The Labute approximate surface area is 167 Å². The van der Waals surface area contributed by atoms with Crippen molar-refractivity contribution >= 4 is 17.6 Å². The van der Waals surface area contributed by atoms with Crippen LogP contribution in [0.15, 0.2) is 30.4 Å². The zero-order chi connectivity index (χ0) is 19.2. The number of allylic oxidation sites excluding steroid dienone is 1. The van der Waals surface area contributed by atoms with E-state index in [1.54, 1.807) is 18.2 Å². The van der Waals surface area contributed by atoms with Crippen molar-refractivity contribution in [3.05, 3.63) is 46.8 Å². The van der Waals surface area contributed by atoms with Gasteiger partial charge in [-0.3, -0.25) is 0 Å². The third kappa shape index (κ3) is 5.57. The molecule has 0 radical (unpaired) electrons. The van der Waals surface area contributed by atoms with Crippen LogP contribution in [0.2, 0.25) is 5.02 Å². The van der Waals surface area contributed by atoms with Crippen LogP contribution >= 0.6 is 11.6 Å². The fourth-order valence-corrected chi connectivity index (χ4v) is 4.90. The van der Waals surface area contributed by atoms with Gasteiger partial charge < -0.3 is 4.74 Å². The number of hydrogen-bond acceptors (Lipinski definition) is 2. The van der Waals surface area contributed by atoms with Gasteiger partial charge in [0, 0.05) is 6.08 Å². The van der Waals surface area contributed by atoms with Gasteiger partial charge in [0.15, 0.2) is 0 Å². The molecule has 2 nitrogen and oxygen atoms in total. The van der Waals surface area contributed by atoms with E-state index in [1.807, 2.05) is 19.1 Å². The number of carbonyl (C=O) groups excluding carboxylic acids is 1. The number of halogens is 2. The lowest BCUT2D eigenvalue weighted by atomic mass is 9.69. The second-order valence-electron chi connectivity index (χ2n) is 8.07. The minimum Gasteiger partial charge on any atom is -0.459 e. The van der Waals surface area contributed by atoms with E-state index in [1.165, 1.54) is 12.8 Å². The predicted molar refractivity (Wildman–Crippen MR) is 107 cm³/mol. The van der Waals surface area contributed by atoms with Crippen molar-refractivity contribution in [1.29, 1.82) is 0 Å². The first-order valence-electron chi connectivity index (χ1n) is 10.4. The molecule has 3 rings (SSSR count). The third-order valence-electron chi connectivity index (χ3n) is 6.34. The maximum absolute atomic E-state index is 13.7. The first kappa shape index (κ1) is 20.4. The van der Waals surface area contributed by atoms with Crippen LogP contribution in [0.25, 0.3) is 0 Å². The second-order valence-corrected chi connectivity index (χ2v) is 8.48. The van der Waals surface area contributed by atoms with E-state index in [9.17, 15) is 9.18 Å². The molecule has 0 aliphatic heterocycles. The number of esters is 1.